The van der Waals surface area contributed by atoms with Crippen LogP contribution in [0.25, 0.3) is 0 Å². The molecule has 1 saturated heterocycles. The van der Waals surface area contributed by atoms with E-state index < -0.39 is 5.82 Å². The first-order valence-corrected chi connectivity index (χ1v) is 5.41. The summed E-state index contributed by atoms with van der Waals surface area (Å²) in [6, 6.07) is 3.97. The van der Waals surface area contributed by atoms with Crippen molar-refractivity contribution in [3.05, 3.63) is 29.6 Å². The normalized spacial score (nSPS) is 20.1. The van der Waals surface area contributed by atoms with Crippen molar-refractivity contribution >= 4 is 11.6 Å². The Labute approximate surface area is 94.0 Å². The number of hydrogen-bond acceptors (Lipinski definition) is 2. The number of rotatable bonds is 1. The lowest BCUT2D eigenvalue weighted by Gasteiger charge is -2.16. The molecule has 1 aromatic rings. The lowest BCUT2D eigenvalue weighted by Crippen LogP contribution is -2.28. The maximum Gasteiger partial charge on any atom is 0.254 e. The van der Waals surface area contributed by atoms with E-state index in [1.54, 1.807) is 4.90 Å². The number of carbonyl (C=O) groups excluding carboxylic acids is 1. The molecule has 0 bridgehead atoms. The number of nitrogen functional groups attached to an aromatic ring is 1. The lowest BCUT2D eigenvalue weighted by atomic mass is 10.1. The molecule has 0 aromatic heterocycles. The average molecular weight is 222 g/mol. The summed E-state index contributed by atoms with van der Waals surface area (Å²) in [4.78, 5) is 13.7. The second-order valence-corrected chi connectivity index (χ2v) is 4.42. The van der Waals surface area contributed by atoms with E-state index >= 15 is 0 Å². The number of benzene rings is 1. The first kappa shape index (κ1) is 10.9. The molecule has 1 aromatic carbocycles. The summed E-state index contributed by atoms with van der Waals surface area (Å²) in [6.45, 7) is 3.60. The molecule has 2 N–H and O–H groups in total. The number of anilines is 1. The van der Waals surface area contributed by atoms with Crippen LogP contribution < -0.4 is 5.73 Å². The highest BCUT2D eigenvalue weighted by atomic mass is 19.1. The van der Waals surface area contributed by atoms with Gasteiger partial charge in [-0.2, -0.15) is 0 Å². The number of carbonyl (C=O) groups is 1. The second-order valence-electron chi connectivity index (χ2n) is 4.42. The van der Waals surface area contributed by atoms with Crippen molar-refractivity contribution < 1.29 is 9.18 Å². The van der Waals surface area contributed by atoms with Gasteiger partial charge < -0.3 is 10.6 Å². The van der Waals surface area contributed by atoms with Gasteiger partial charge in [0.1, 0.15) is 5.82 Å². The van der Waals surface area contributed by atoms with Gasteiger partial charge in [-0.05, 0) is 30.5 Å². The van der Waals surface area contributed by atoms with E-state index in [0.717, 1.165) is 19.5 Å². The summed E-state index contributed by atoms with van der Waals surface area (Å²) in [5.41, 5.74) is 6.14. The molecular weight excluding hydrogens is 207 g/mol. The molecule has 1 atom stereocenters. The molecule has 1 unspecified atom stereocenters. The minimum atomic E-state index is -0.462. The maximum atomic E-state index is 13.1. The third kappa shape index (κ3) is 2.15. The fourth-order valence-corrected chi connectivity index (χ4v) is 2.04. The van der Waals surface area contributed by atoms with Crippen molar-refractivity contribution in [2.45, 2.75) is 13.3 Å². The third-order valence-corrected chi connectivity index (χ3v) is 2.88. The van der Waals surface area contributed by atoms with Crippen LogP contribution in [0.15, 0.2) is 18.2 Å². The van der Waals surface area contributed by atoms with Crippen molar-refractivity contribution in [3.8, 4) is 0 Å². The van der Waals surface area contributed by atoms with Gasteiger partial charge >= 0.3 is 0 Å². The van der Waals surface area contributed by atoms with Crippen molar-refractivity contribution in [2.24, 2.45) is 5.92 Å². The fourth-order valence-electron chi connectivity index (χ4n) is 2.04. The zero-order chi connectivity index (χ0) is 11.7. The van der Waals surface area contributed by atoms with E-state index in [1.807, 2.05) is 0 Å². The van der Waals surface area contributed by atoms with E-state index in [0.29, 0.717) is 11.5 Å². The van der Waals surface area contributed by atoms with Crippen molar-refractivity contribution in [1.82, 2.24) is 4.90 Å². The van der Waals surface area contributed by atoms with E-state index in [-0.39, 0.29) is 11.6 Å². The number of halogens is 1. The van der Waals surface area contributed by atoms with E-state index in [2.05, 4.69) is 6.92 Å². The van der Waals surface area contributed by atoms with Gasteiger partial charge in [-0.1, -0.05) is 6.92 Å². The number of nitrogens with two attached hydrogens (primary N) is 1. The smallest absolute Gasteiger partial charge is 0.254 e. The predicted octanol–water partition coefficient (Wildman–Crippen LogP) is 1.89. The third-order valence-electron chi connectivity index (χ3n) is 2.88. The molecule has 1 amide bonds. The molecule has 1 aliphatic heterocycles. The summed E-state index contributed by atoms with van der Waals surface area (Å²) in [6.07, 6.45) is 1.01. The van der Waals surface area contributed by atoms with Gasteiger partial charge in [0.2, 0.25) is 0 Å². The molecular formula is C12H15FN2O. The van der Waals surface area contributed by atoms with Crippen LogP contribution in [0.4, 0.5) is 10.1 Å². The number of likely N-dealkylation sites (tertiary alicyclic amines) is 1. The van der Waals surface area contributed by atoms with Gasteiger partial charge in [-0.15, -0.1) is 0 Å². The largest absolute Gasteiger partial charge is 0.399 e. The van der Waals surface area contributed by atoms with E-state index in [1.165, 1.54) is 18.2 Å². The van der Waals surface area contributed by atoms with Crippen LogP contribution in [-0.2, 0) is 0 Å². The van der Waals surface area contributed by atoms with Crippen LogP contribution >= 0.6 is 0 Å². The lowest BCUT2D eigenvalue weighted by molar-refractivity contribution is 0.0787. The van der Waals surface area contributed by atoms with Gasteiger partial charge in [-0.3, -0.25) is 4.79 Å². The first-order chi connectivity index (χ1) is 7.56. The molecule has 1 fully saturated rings. The molecule has 16 heavy (non-hydrogen) atoms. The molecule has 1 heterocycles. The van der Waals surface area contributed by atoms with Crippen LogP contribution in [0.3, 0.4) is 0 Å². The van der Waals surface area contributed by atoms with Crippen LogP contribution in [0, 0.1) is 11.7 Å². The van der Waals surface area contributed by atoms with Gasteiger partial charge in [0.05, 0.1) is 0 Å². The Kier molecular flexibility index (Phi) is 2.81. The molecule has 0 aliphatic carbocycles. The number of amides is 1. The standard InChI is InChI=1S/C12H15FN2O/c1-8-2-3-15(7-8)12(16)9-4-10(13)6-11(14)5-9/h4-6,8H,2-3,7,14H2,1H3. The minimum Gasteiger partial charge on any atom is -0.399 e. The predicted molar refractivity (Wildman–Crippen MR) is 60.5 cm³/mol. The molecule has 1 aliphatic rings. The summed E-state index contributed by atoms with van der Waals surface area (Å²) in [5.74, 6) is -0.0685. The maximum absolute atomic E-state index is 13.1. The summed E-state index contributed by atoms with van der Waals surface area (Å²) in [7, 11) is 0. The highest BCUT2D eigenvalue weighted by Crippen LogP contribution is 2.19. The Bertz CT molecular complexity index is 399. The SMILES string of the molecule is CC1CCN(C(=O)c2cc(N)cc(F)c2)C1. The monoisotopic (exact) mass is 222 g/mol. The summed E-state index contributed by atoms with van der Waals surface area (Å²) in [5, 5.41) is 0. The Balaban J connectivity index is 2.20. The highest BCUT2D eigenvalue weighted by molar-refractivity contribution is 5.95. The average Bonchev–Trinajstić information content (AvgIpc) is 2.62. The van der Waals surface area contributed by atoms with Gasteiger partial charge in [0.25, 0.3) is 5.91 Å². The molecule has 2 rings (SSSR count). The highest BCUT2D eigenvalue weighted by Gasteiger charge is 2.24. The van der Waals surface area contributed by atoms with Crippen LogP contribution in [-0.4, -0.2) is 23.9 Å². The second kappa shape index (κ2) is 4.12. The van der Waals surface area contributed by atoms with Crippen LogP contribution in [0.2, 0.25) is 0 Å². The van der Waals surface area contributed by atoms with Crippen molar-refractivity contribution in [2.75, 3.05) is 18.8 Å². The molecule has 4 heteroatoms. The molecule has 0 spiro atoms. The molecule has 0 radical (unpaired) electrons. The molecule has 3 nitrogen and oxygen atoms in total. The zero-order valence-electron chi connectivity index (χ0n) is 9.24. The Morgan fingerprint density at radius 3 is 2.81 bits per heavy atom. The minimum absolute atomic E-state index is 0.129. The zero-order valence-corrected chi connectivity index (χ0v) is 9.24. The first-order valence-electron chi connectivity index (χ1n) is 5.41. The van der Waals surface area contributed by atoms with Crippen molar-refractivity contribution in [3.63, 3.8) is 0 Å². The van der Waals surface area contributed by atoms with E-state index in [4.69, 9.17) is 5.73 Å². The quantitative estimate of drug-likeness (QED) is 0.737. The van der Waals surface area contributed by atoms with Gasteiger partial charge in [0, 0.05) is 24.3 Å². The Hall–Kier alpha value is -1.58. The Morgan fingerprint density at radius 1 is 1.50 bits per heavy atom. The Morgan fingerprint density at radius 2 is 2.25 bits per heavy atom. The van der Waals surface area contributed by atoms with Crippen molar-refractivity contribution in [1.29, 1.82) is 0 Å². The van der Waals surface area contributed by atoms with Gasteiger partial charge in [0.15, 0.2) is 0 Å². The number of nitrogens with zero attached hydrogens (tertiary/aromatic N) is 1. The summed E-state index contributed by atoms with van der Waals surface area (Å²) >= 11 is 0. The molecule has 86 valence electrons. The number of hydrogen-bond donors (Lipinski definition) is 1. The van der Waals surface area contributed by atoms with Crippen LogP contribution in [0.5, 0.6) is 0 Å². The topological polar surface area (TPSA) is 46.3 Å². The van der Waals surface area contributed by atoms with Gasteiger partial charge in [-0.25, -0.2) is 4.39 Å². The van der Waals surface area contributed by atoms with E-state index in [9.17, 15) is 9.18 Å². The summed E-state index contributed by atoms with van der Waals surface area (Å²) < 4.78 is 13.1. The van der Waals surface area contributed by atoms with Crippen LogP contribution in [0.1, 0.15) is 23.7 Å². The molecule has 0 saturated carbocycles. The fraction of sp³-hybridized carbons (Fsp3) is 0.417.